The normalized spacial score (nSPS) is 15.4. The fourth-order valence-electron chi connectivity index (χ4n) is 2.28. The summed E-state index contributed by atoms with van der Waals surface area (Å²) in [6.07, 6.45) is 1.73. The molecule has 2 heterocycles. The zero-order valence-electron chi connectivity index (χ0n) is 11.6. The highest BCUT2D eigenvalue weighted by atomic mass is 16.2. The Morgan fingerprint density at radius 1 is 1.14 bits per heavy atom. The van der Waals surface area contributed by atoms with Crippen LogP contribution >= 0.6 is 0 Å². The lowest BCUT2D eigenvalue weighted by atomic mass is 10.1. The van der Waals surface area contributed by atoms with E-state index in [1.165, 1.54) is 4.90 Å². The van der Waals surface area contributed by atoms with Gasteiger partial charge in [-0.3, -0.25) is 19.2 Å². The molecule has 0 fully saturated rings. The first-order valence-corrected chi connectivity index (χ1v) is 6.69. The summed E-state index contributed by atoms with van der Waals surface area (Å²) >= 11 is 0. The number of amides is 2. The zero-order valence-corrected chi connectivity index (χ0v) is 11.6. The molecule has 1 aromatic carbocycles. The number of benzene rings is 1. The Morgan fingerprint density at radius 2 is 1.76 bits per heavy atom. The van der Waals surface area contributed by atoms with Crippen molar-refractivity contribution in [2.24, 2.45) is 5.73 Å². The summed E-state index contributed by atoms with van der Waals surface area (Å²) in [5.41, 5.74) is 7.30. The van der Waals surface area contributed by atoms with Crippen LogP contribution in [-0.2, 0) is 6.54 Å². The molecule has 7 nitrogen and oxygen atoms in total. The van der Waals surface area contributed by atoms with Crippen LogP contribution in [0.5, 0.6) is 0 Å². The predicted octanol–water partition coefficient (Wildman–Crippen LogP) is 0.594. The van der Waals surface area contributed by atoms with Crippen molar-refractivity contribution in [3.05, 3.63) is 47.3 Å². The molecule has 1 unspecified atom stereocenters. The average molecular weight is 285 g/mol. The number of nitrogens with two attached hydrogens (primary N) is 1. The molecule has 1 atom stereocenters. The van der Waals surface area contributed by atoms with Gasteiger partial charge < -0.3 is 5.73 Å². The quantitative estimate of drug-likeness (QED) is 0.830. The van der Waals surface area contributed by atoms with Crippen molar-refractivity contribution >= 4 is 11.8 Å². The van der Waals surface area contributed by atoms with Gasteiger partial charge >= 0.3 is 0 Å². The van der Waals surface area contributed by atoms with Crippen LogP contribution in [0.15, 0.2) is 30.5 Å². The lowest BCUT2D eigenvalue weighted by molar-refractivity contribution is 0.0647. The minimum Gasteiger partial charge on any atom is -0.323 e. The van der Waals surface area contributed by atoms with Gasteiger partial charge in [-0.2, -0.15) is 0 Å². The maximum atomic E-state index is 12.2. The summed E-state index contributed by atoms with van der Waals surface area (Å²) in [7, 11) is 0. The van der Waals surface area contributed by atoms with Gasteiger partial charge in [-0.05, 0) is 19.1 Å². The van der Waals surface area contributed by atoms with Gasteiger partial charge in [0, 0.05) is 12.6 Å². The van der Waals surface area contributed by atoms with Crippen LogP contribution < -0.4 is 5.73 Å². The Bertz CT molecular complexity index is 672. The van der Waals surface area contributed by atoms with Crippen molar-refractivity contribution in [2.75, 3.05) is 6.54 Å². The molecule has 2 amide bonds. The van der Waals surface area contributed by atoms with Gasteiger partial charge in [-0.1, -0.05) is 17.3 Å². The van der Waals surface area contributed by atoms with Gasteiger partial charge in [-0.25, -0.2) is 0 Å². The van der Waals surface area contributed by atoms with Gasteiger partial charge in [0.05, 0.1) is 29.6 Å². The van der Waals surface area contributed by atoms with Gasteiger partial charge in [0.25, 0.3) is 11.8 Å². The van der Waals surface area contributed by atoms with Crippen LogP contribution in [0.2, 0.25) is 0 Å². The first-order valence-electron chi connectivity index (χ1n) is 6.69. The maximum absolute atomic E-state index is 12.2. The molecule has 0 saturated carbocycles. The number of carbonyl (C=O) groups is 2. The number of imide groups is 1. The Balaban J connectivity index is 1.72. The van der Waals surface area contributed by atoms with E-state index in [1.807, 2.05) is 6.92 Å². The topological polar surface area (TPSA) is 94.1 Å². The molecule has 1 aromatic heterocycles. The Morgan fingerprint density at radius 3 is 2.29 bits per heavy atom. The number of fused-ring (bicyclic) bond motifs is 1. The van der Waals surface area contributed by atoms with E-state index in [-0.39, 0.29) is 24.4 Å². The van der Waals surface area contributed by atoms with E-state index in [1.54, 1.807) is 35.1 Å². The second kappa shape index (κ2) is 5.10. The van der Waals surface area contributed by atoms with Gasteiger partial charge in [-0.15, -0.1) is 5.10 Å². The van der Waals surface area contributed by atoms with E-state index in [0.29, 0.717) is 23.4 Å². The molecule has 2 N–H and O–H groups in total. The van der Waals surface area contributed by atoms with Crippen LogP contribution in [0.1, 0.15) is 39.4 Å². The molecule has 0 aliphatic carbocycles. The number of hydrogen-bond acceptors (Lipinski definition) is 5. The Kier molecular flexibility index (Phi) is 3.26. The zero-order chi connectivity index (χ0) is 15.0. The lowest BCUT2D eigenvalue weighted by Gasteiger charge is -2.13. The molecule has 0 bridgehead atoms. The van der Waals surface area contributed by atoms with Crippen molar-refractivity contribution in [2.45, 2.75) is 19.5 Å². The fraction of sp³-hybridized carbons (Fsp3) is 0.286. The van der Waals surface area contributed by atoms with Crippen molar-refractivity contribution in [3.8, 4) is 0 Å². The Hall–Kier alpha value is -2.54. The van der Waals surface area contributed by atoms with Crippen LogP contribution in [-0.4, -0.2) is 38.3 Å². The molecule has 0 saturated heterocycles. The molecular weight excluding hydrogens is 270 g/mol. The minimum atomic E-state index is -0.261. The van der Waals surface area contributed by atoms with E-state index >= 15 is 0 Å². The monoisotopic (exact) mass is 285 g/mol. The van der Waals surface area contributed by atoms with E-state index < -0.39 is 0 Å². The molecule has 1 aliphatic heterocycles. The predicted molar refractivity (Wildman–Crippen MR) is 74.4 cm³/mol. The van der Waals surface area contributed by atoms with Crippen LogP contribution in [0.25, 0.3) is 0 Å². The first-order chi connectivity index (χ1) is 10.1. The van der Waals surface area contributed by atoms with E-state index in [2.05, 4.69) is 10.3 Å². The second-order valence-corrected chi connectivity index (χ2v) is 5.00. The highest BCUT2D eigenvalue weighted by Crippen LogP contribution is 2.22. The van der Waals surface area contributed by atoms with Crippen molar-refractivity contribution in [1.82, 2.24) is 19.9 Å². The van der Waals surface area contributed by atoms with Crippen molar-refractivity contribution in [3.63, 3.8) is 0 Å². The summed E-state index contributed by atoms with van der Waals surface area (Å²) in [5, 5.41) is 7.87. The number of hydrogen-bond donors (Lipinski definition) is 1. The molecule has 1 aliphatic rings. The first kappa shape index (κ1) is 13.4. The third-order valence-corrected chi connectivity index (χ3v) is 3.45. The van der Waals surface area contributed by atoms with Crippen molar-refractivity contribution in [1.29, 1.82) is 0 Å². The molecule has 0 spiro atoms. The fourth-order valence-corrected chi connectivity index (χ4v) is 2.28. The highest BCUT2D eigenvalue weighted by Gasteiger charge is 2.34. The summed E-state index contributed by atoms with van der Waals surface area (Å²) in [5.74, 6) is -0.522. The SMILES string of the molecule is CC(N)c1cn(CCN2C(=O)c3ccccc3C2=O)nn1. The average Bonchev–Trinajstić information content (AvgIpc) is 3.03. The smallest absolute Gasteiger partial charge is 0.261 e. The van der Waals surface area contributed by atoms with E-state index in [9.17, 15) is 9.59 Å². The Labute approximate surface area is 121 Å². The molecule has 0 radical (unpaired) electrons. The second-order valence-electron chi connectivity index (χ2n) is 5.00. The molecule has 3 rings (SSSR count). The van der Waals surface area contributed by atoms with Gasteiger partial charge in [0.2, 0.25) is 0 Å². The van der Waals surface area contributed by atoms with Crippen LogP contribution in [0, 0.1) is 0 Å². The van der Waals surface area contributed by atoms with E-state index in [4.69, 9.17) is 5.73 Å². The van der Waals surface area contributed by atoms with Crippen molar-refractivity contribution < 1.29 is 9.59 Å². The molecule has 108 valence electrons. The van der Waals surface area contributed by atoms with Crippen LogP contribution in [0.3, 0.4) is 0 Å². The number of aromatic nitrogens is 3. The van der Waals surface area contributed by atoms with Gasteiger partial charge in [0.1, 0.15) is 0 Å². The van der Waals surface area contributed by atoms with E-state index in [0.717, 1.165) is 0 Å². The van der Waals surface area contributed by atoms with Crippen LogP contribution in [0.4, 0.5) is 0 Å². The summed E-state index contributed by atoms with van der Waals surface area (Å²) in [4.78, 5) is 25.6. The summed E-state index contributed by atoms with van der Waals surface area (Å²) in [6.45, 7) is 2.47. The van der Waals surface area contributed by atoms with Gasteiger partial charge in [0.15, 0.2) is 0 Å². The maximum Gasteiger partial charge on any atom is 0.261 e. The molecule has 7 heteroatoms. The number of nitrogens with zero attached hydrogens (tertiary/aromatic N) is 4. The number of carbonyl (C=O) groups excluding carboxylic acids is 2. The molecular formula is C14H15N5O2. The summed E-state index contributed by atoms with van der Waals surface area (Å²) in [6, 6.07) is 6.64. The number of rotatable bonds is 4. The third kappa shape index (κ3) is 2.31. The third-order valence-electron chi connectivity index (χ3n) is 3.45. The minimum absolute atomic E-state index is 0.196. The molecule has 2 aromatic rings. The standard InChI is InChI=1S/C14H15N5O2/c1-9(15)12-8-18(17-16-12)6-7-19-13(20)10-4-2-3-5-11(10)14(19)21/h2-5,8-9H,6-7,15H2,1H3. The largest absolute Gasteiger partial charge is 0.323 e. The molecule has 21 heavy (non-hydrogen) atoms. The highest BCUT2D eigenvalue weighted by molar-refractivity contribution is 6.21. The lowest BCUT2D eigenvalue weighted by Crippen LogP contribution is -2.33. The summed E-state index contributed by atoms with van der Waals surface area (Å²) < 4.78 is 1.59.